The minimum atomic E-state index is -1.04. The molecule has 0 aliphatic carbocycles. The van der Waals surface area contributed by atoms with Crippen LogP contribution in [0.1, 0.15) is 6.92 Å². The Balaban J connectivity index is 2.37. The van der Waals surface area contributed by atoms with Gasteiger partial charge in [-0.15, -0.1) is 0 Å². The van der Waals surface area contributed by atoms with Gasteiger partial charge in [0.1, 0.15) is 11.4 Å². The maximum atomic E-state index is 10.6. The number of benzene rings is 1. The molecule has 0 aliphatic heterocycles. The second kappa shape index (κ2) is 4.61. The second-order valence-corrected chi connectivity index (χ2v) is 3.55. The normalized spacial score (nSPS) is 11.5. The van der Waals surface area contributed by atoms with Gasteiger partial charge in [-0.3, -0.25) is 5.43 Å². The van der Waals surface area contributed by atoms with Gasteiger partial charge in [0.2, 0.25) is 5.52 Å². The summed E-state index contributed by atoms with van der Waals surface area (Å²) in [6.07, 6.45) is 1.81. The minimum Gasteiger partial charge on any atom is -0.477 e. The number of H-pyrrole nitrogens is 1. The molecule has 1 aromatic heterocycles. The molecule has 2 rings (SSSR count). The molecule has 1 heterocycles. The van der Waals surface area contributed by atoms with Gasteiger partial charge >= 0.3 is 5.97 Å². The number of hydrogen-bond donors (Lipinski definition) is 2. The highest BCUT2D eigenvalue weighted by Crippen LogP contribution is 2.18. The monoisotopic (exact) mass is 230 g/mol. The topological polar surface area (TPSA) is 75.8 Å². The third-order valence-corrected chi connectivity index (χ3v) is 2.35. The number of nitrogens with zero attached hydrogens (tertiary/aromatic N) is 1. The van der Waals surface area contributed by atoms with Crippen LogP contribution in [0.2, 0.25) is 0 Å². The van der Waals surface area contributed by atoms with Gasteiger partial charge in [-0.25, -0.2) is 9.78 Å². The highest BCUT2D eigenvalue weighted by atomic mass is 16.4. The van der Waals surface area contributed by atoms with Crippen LogP contribution < -0.4 is 10.4 Å². The van der Waals surface area contributed by atoms with Crippen molar-refractivity contribution in [2.45, 2.75) is 6.92 Å². The summed E-state index contributed by atoms with van der Waals surface area (Å²) in [5.74, 6) is -1.04. The summed E-state index contributed by atoms with van der Waals surface area (Å²) < 4.78 is 0. The average Bonchev–Trinajstić information content (AvgIpc) is 2.35. The quantitative estimate of drug-likeness (QED) is 0.620. The van der Waals surface area contributed by atoms with E-state index in [9.17, 15) is 4.79 Å². The van der Waals surface area contributed by atoms with Crippen LogP contribution in [0.25, 0.3) is 10.9 Å². The number of carbonyl (C=O) groups is 1. The van der Waals surface area contributed by atoms with Gasteiger partial charge in [0, 0.05) is 11.5 Å². The van der Waals surface area contributed by atoms with E-state index in [1.165, 1.54) is 6.92 Å². The minimum absolute atomic E-state index is 0.0120. The fourth-order valence-corrected chi connectivity index (χ4v) is 1.44. The first-order valence-electron chi connectivity index (χ1n) is 5.11. The molecule has 0 radical (unpaired) electrons. The molecular weight excluding hydrogens is 218 g/mol. The summed E-state index contributed by atoms with van der Waals surface area (Å²) in [5, 5.41) is 13.5. The number of pyridine rings is 1. The van der Waals surface area contributed by atoms with E-state index in [0.29, 0.717) is 0 Å². The van der Waals surface area contributed by atoms with Crippen molar-refractivity contribution >= 4 is 28.3 Å². The SMILES string of the molecule is CC(=NNc1cccc2ccc[nH+]c12)C(=O)O. The van der Waals surface area contributed by atoms with Crippen LogP contribution >= 0.6 is 0 Å². The van der Waals surface area contributed by atoms with E-state index in [1.54, 1.807) is 6.20 Å². The molecule has 5 nitrogen and oxygen atoms in total. The Morgan fingerprint density at radius 1 is 1.35 bits per heavy atom. The summed E-state index contributed by atoms with van der Waals surface area (Å²) >= 11 is 0. The lowest BCUT2D eigenvalue weighted by Gasteiger charge is -2.01. The number of anilines is 1. The van der Waals surface area contributed by atoms with E-state index in [0.717, 1.165) is 16.6 Å². The molecule has 0 amide bonds. The lowest BCUT2D eigenvalue weighted by atomic mass is 10.2. The standard InChI is InChI=1S/C12H11N3O2/c1-8(12(16)17)14-15-10-6-2-4-9-5-3-7-13-11(9)10/h2-7,15H,1H3,(H,16,17)/p+1. The molecule has 1 aromatic carbocycles. The van der Waals surface area contributed by atoms with Crippen molar-refractivity contribution in [3.05, 3.63) is 36.5 Å². The van der Waals surface area contributed by atoms with Gasteiger partial charge in [-0.05, 0) is 25.1 Å². The Labute approximate surface area is 97.8 Å². The van der Waals surface area contributed by atoms with Crippen LogP contribution in [-0.4, -0.2) is 16.8 Å². The number of aliphatic carboxylic acids is 1. The molecule has 2 aromatic rings. The van der Waals surface area contributed by atoms with Gasteiger partial charge in [0.15, 0.2) is 6.20 Å². The first kappa shape index (κ1) is 11.1. The van der Waals surface area contributed by atoms with Crippen LogP contribution in [0.3, 0.4) is 0 Å². The third kappa shape index (κ3) is 2.39. The Hall–Kier alpha value is -2.43. The maximum absolute atomic E-state index is 10.6. The molecular formula is C12H12N3O2+. The molecule has 0 atom stereocenters. The van der Waals surface area contributed by atoms with Crippen LogP contribution in [-0.2, 0) is 4.79 Å². The van der Waals surface area contributed by atoms with Crippen molar-refractivity contribution in [2.75, 3.05) is 5.43 Å². The molecule has 3 N–H and O–H groups in total. The van der Waals surface area contributed by atoms with E-state index in [4.69, 9.17) is 5.11 Å². The molecule has 0 saturated heterocycles. The van der Waals surface area contributed by atoms with Gasteiger partial charge < -0.3 is 5.11 Å². The van der Waals surface area contributed by atoms with Crippen molar-refractivity contribution in [1.29, 1.82) is 0 Å². The van der Waals surface area contributed by atoms with Gasteiger partial charge in [-0.2, -0.15) is 5.10 Å². The van der Waals surface area contributed by atoms with Crippen LogP contribution in [0, 0.1) is 0 Å². The number of rotatable bonds is 3. The fourth-order valence-electron chi connectivity index (χ4n) is 1.44. The summed E-state index contributed by atoms with van der Waals surface area (Å²) in [6, 6.07) is 9.54. The fraction of sp³-hybridized carbons (Fsp3) is 0.0833. The summed E-state index contributed by atoms with van der Waals surface area (Å²) in [5.41, 5.74) is 4.38. The Kier molecular flexibility index (Phi) is 3.00. The lowest BCUT2D eigenvalue weighted by Crippen LogP contribution is -2.11. The smallest absolute Gasteiger partial charge is 0.351 e. The summed E-state index contributed by atoms with van der Waals surface area (Å²) in [6.45, 7) is 1.43. The Bertz CT molecular complexity index is 588. The second-order valence-electron chi connectivity index (χ2n) is 3.55. The number of aromatic amines is 1. The Morgan fingerprint density at radius 2 is 2.12 bits per heavy atom. The molecule has 0 bridgehead atoms. The molecule has 0 unspecified atom stereocenters. The van der Waals surface area contributed by atoms with Crippen LogP contribution in [0.5, 0.6) is 0 Å². The zero-order valence-electron chi connectivity index (χ0n) is 9.27. The molecule has 86 valence electrons. The maximum Gasteiger partial charge on any atom is 0.351 e. The first-order valence-corrected chi connectivity index (χ1v) is 5.11. The van der Waals surface area contributed by atoms with Crippen LogP contribution in [0.4, 0.5) is 5.69 Å². The zero-order chi connectivity index (χ0) is 12.3. The predicted octanol–water partition coefficient (Wildman–Crippen LogP) is 1.53. The number of para-hydroxylation sites is 1. The molecule has 0 fully saturated rings. The van der Waals surface area contributed by atoms with E-state index in [1.807, 2.05) is 30.3 Å². The number of nitrogens with one attached hydrogen (secondary N) is 2. The largest absolute Gasteiger partial charge is 0.477 e. The number of hydrazone groups is 1. The summed E-state index contributed by atoms with van der Waals surface area (Å²) in [4.78, 5) is 13.7. The van der Waals surface area contributed by atoms with Gasteiger partial charge in [0.05, 0.1) is 0 Å². The van der Waals surface area contributed by atoms with Gasteiger partial charge in [0.25, 0.3) is 0 Å². The van der Waals surface area contributed by atoms with E-state index in [-0.39, 0.29) is 5.71 Å². The number of aromatic nitrogens is 1. The Morgan fingerprint density at radius 3 is 2.88 bits per heavy atom. The highest BCUT2D eigenvalue weighted by Gasteiger charge is 2.06. The molecule has 0 aliphatic rings. The number of carboxylic acids is 1. The molecule has 5 heteroatoms. The van der Waals surface area contributed by atoms with E-state index < -0.39 is 5.97 Å². The molecule has 0 spiro atoms. The van der Waals surface area contributed by atoms with Crippen LogP contribution in [0.15, 0.2) is 41.6 Å². The van der Waals surface area contributed by atoms with Crippen molar-refractivity contribution in [2.24, 2.45) is 5.10 Å². The van der Waals surface area contributed by atoms with Crippen molar-refractivity contribution in [3.8, 4) is 0 Å². The number of carboxylic acid groups (broad SMARTS) is 1. The predicted molar refractivity (Wildman–Crippen MR) is 64.9 cm³/mol. The van der Waals surface area contributed by atoms with Crippen molar-refractivity contribution in [3.63, 3.8) is 0 Å². The van der Waals surface area contributed by atoms with E-state index >= 15 is 0 Å². The molecule has 0 saturated carbocycles. The van der Waals surface area contributed by atoms with Gasteiger partial charge in [-0.1, -0.05) is 6.07 Å². The zero-order valence-corrected chi connectivity index (χ0v) is 9.27. The average molecular weight is 230 g/mol. The molecule has 17 heavy (non-hydrogen) atoms. The third-order valence-electron chi connectivity index (χ3n) is 2.35. The summed E-state index contributed by atoms with van der Waals surface area (Å²) in [7, 11) is 0. The number of hydrogen-bond acceptors (Lipinski definition) is 3. The highest BCUT2D eigenvalue weighted by molar-refractivity contribution is 6.34. The number of fused-ring (bicyclic) bond motifs is 1. The van der Waals surface area contributed by atoms with E-state index in [2.05, 4.69) is 15.5 Å². The van der Waals surface area contributed by atoms with Crippen molar-refractivity contribution < 1.29 is 14.9 Å². The van der Waals surface area contributed by atoms with Crippen molar-refractivity contribution in [1.82, 2.24) is 0 Å². The lowest BCUT2D eigenvalue weighted by molar-refractivity contribution is -0.344. The first-order chi connectivity index (χ1) is 8.18.